The highest BCUT2D eigenvalue weighted by atomic mass is 16.2. The Kier molecular flexibility index (Phi) is 5.67. The summed E-state index contributed by atoms with van der Waals surface area (Å²) in [6.45, 7) is 4.63. The minimum absolute atomic E-state index is 0.181. The van der Waals surface area contributed by atoms with E-state index in [0.29, 0.717) is 6.42 Å². The second-order valence-corrected chi connectivity index (χ2v) is 6.33. The summed E-state index contributed by atoms with van der Waals surface area (Å²) in [5.41, 5.74) is 9.21. The van der Waals surface area contributed by atoms with Crippen molar-refractivity contribution in [2.75, 3.05) is 6.61 Å². The standard InChI is InChI=1S/C24H26O/c1-3-21-20(15-16-25)17-23(18-11-7-5-8-12-18)22(4-2)24(21)19-13-9-6-10-14-19/h5-14,17,25H,3-4,15-16H2,1-2H3. The molecule has 0 aliphatic heterocycles. The van der Waals surface area contributed by atoms with Crippen molar-refractivity contribution < 1.29 is 5.11 Å². The summed E-state index contributed by atoms with van der Waals surface area (Å²) in [5, 5.41) is 9.59. The molecule has 128 valence electrons. The number of rotatable bonds is 6. The summed E-state index contributed by atoms with van der Waals surface area (Å²) in [6.07, 6.45) is 2.66. The van der Waals surface area contributed by atoms with Gasteiger partial charge in [-0.3, -0.25) is 0 Å². The third kappa shape index (κ3) is 3.52. The van der Waals surface area contributed by atoms with Crippen LogP contribution in [0.5, 0.6) is 0 Å². The van der Waals surface area contributed by atoms with Crippen LogP contribution in [0.2, 0.25) is 0 Å². The Bertz CT molecular complexity index is 820. The van der Waals surface area contributed by atoms with Crippen molar-refractivity contribution >= 4 is 0 Å². The Morgan fingerprint density at radius 2 is 1.28 bits per heavy atom. The van der Waals surface area contributed by atoms with Crippen molar-refractivity contribution in [3.8, 4) is 22.3 Å². The number of benzene rings is 3. The number of hydrogen-bond donors (Lipinski definition) is 1. The maximum Gasteiger partial charge on any atom is 0.0471 e. The van der Waals surface area contributed by atoms with Crippen LogP contribution in [0, 0.1) is 0 Å². The summed E-state index contributed by atoms with van der Waals surface area (Å²) < 4.78 is 0. The summed E-state index contributed by atoms with van der Waals surface area (Å²) in [5.74, 6) is 0. The van der Waals surface area contributed by atoms with Crippen LogP contribution in [0.1, 0.15) is 30.5 Å². The molecule has 0 heterocycles. The predicted molar refractivity (Wildman–Crippen MR) is 107 cm³/mol. The molecule has 0 aliphatic carbocycles. The van der Waals surface area contributed by atoms with E-state index in [-0.39, 0.29) is 6.61 Å². The van der Waals surface area contributed by atoms with E-state index in [2.05, 4.69) is 80.6 Å². The largest absolute Gasteiger partial charge is 0.396 e. The minimum atomic E-state index is 0.181. The van der Waals surface area contributed by atoms with Crippen molar-refractivity contribution in [1.82, 2.24) is 0 Å². The molecule has 1 N–H and O–H groups in total. The average molecular weight is 330 g/mol. The zero-order chi connectivity index (χ0) is 17.6. The normalized spacial score (nSPS) is 10.8. The zero-order valence-electron chi connectivity index (χ0n) is 15.1. The molecule has 3 rings (SSSR count). The first kappa shape index (κ1) is 17.4. The highest BCUT2D eigenvalue weighted by Gasteiger charge is 2.18. The molecule has 0 unspecified atom stereocenters. The van der Waals surface area contributed by atoms with Crippen molar-refractivity contribution in [1.29, 1.82) is 0 Å². The van der Waals surface area contributed by atoms with E-state index in [1.807, 2.05) is 0 Å². The van der Waals surface area contributed by atoms with E-state index in [9.17, 15) is 5.11 Å². The molecule has 0 bridgehead atoms. The number of aliphatic hydroxyl groups is 1. The van der Waals surface area contributed by atoms with E-state index in [1.165, 1.54) is 38.9 Å². The van der Waals surface area contributed by atoms with Gasteiger partial charge in [-0.15, -0.1) is 0 Å². The SMILES string of the molecule is CCc1c(CCO)cc(-c2ccccc2)c(CC)c1-c1ccccc1. The van der Waals surface area contributed by atoms with E-state index in [1.54, 1.807) is 0 Å². The fourth-order valence-electron chi connectivity index (χ4n) is 3.77. The molecule has 0 aromatic heterocycles. The van der Waals surface area contributed by atoms with Crippen LogP contribution in [-0.4, -0.2) is 11.7 Å². The van der Waals surface area contributed by atoms with Crippen LogP contribution in [0.15, 0.2) is 66.7 Å². The van der Waals surface area contributed by atoms with Crippen LogP contribution < -0.4 is 0 Å². The third-order valence-electron chi connectivity index (χ3n) is 4.87. The summed E-state index contributed by atoms with van der Waals surface area (Å²) in [4.78, 5) is 0. The summed E-state index contributed by atoms with van der Waals surface area (Å²) in [7, 11) is 0. The van der Waals surface area contributed by atoms with Crippen LogP contribution in [-0.2, 0) is 19.3 Å². The quantitative estimate of drug-likeness (QED) is 0.616. The highest BCUT2D eigenvalue weighted by molar-refractivity contribution is 5.82. The zero-order valence-corrected chi connectivity index (χ0v) is 15.1. The highest BCUT2D eigenvalue weighted by Crippen LogP contribution is 2.38. The molecular formula is C24H26O. The summed E-state index contributed by atoms with van der Waals surface area (Å²) >= 11 is 0. The molecule has 0 saturated carbocycles. The Morgan fingerprint density at radius 1 is 0.720 bits per heavy atom. The van der Waals surface area contributed by atoms with E-state index in [4.69, 9.17) is 0 Å². The first-order valence-corrected chi connectivity index (χ1v) is 9.19. The topological polar surface area (TPSA) is 20.2 Å². The maximum atomic E-state index is 9.59. The first-order chi connectivity index (χ1) is 12.3. The average Bonchev–Trinajstić information content (AvgIpc) is 2.68. The van der Waals surface area contributed by atoms with Gasteiger partial charge in [0.2, 0.25) is 0 Å². The molecule has 0 radical (unpaired) electrons. The Morgan fingerprint density at radius 3 is 1.80 bits per heavy atom. The van der Waals surface area contributed by atoms with Gasteiger partial charge in [0.25, 0.3) is 0 Å². The number of hydrogen-bond acceptors (Lipinski definition) is 1. The van der Waals surface area contributed by atoms with Gasteiger partial charge in [0.05, 0.1) is 0 Å². The molecule has 0 fully saturated rings. The fourth-order valence-corrected chi connectivity index (χ4v) is 3.77. The smallest absolute Gasteiger partial charge is 0.0471 e. The first-order valence-electron chi connectivity index (χ1n) is 9.19. The van der Waals surface area contributed by atoms with Crippen molar-refractivity contribution in [2.24, 2.45) is 0 Å². The molecule has 0 atom stereocenters. The molecule has 0 saturated heterocycles. The van der Waals surface area contributed by atoms with Gasteiger partial charge in [0.1, 0.15) is 0 Å². The molecule has 1 heteroatoms. The molecule has 3 aromatic carbocycles. The van der Waals surface area contributed by atoms with Crippen molar-refractivity contribution in [3.05, 3.63) is 83.4 Å². The van der Waals surface area contributed by atoms with Crippen molar-refractivity contribution in [2.45, 2.75) is 33.1 Å². The molecular weight excluding hydrogens is 304 g/mol. The lowest BCUT2D eigenvalue weighted by atomic mass is 9.82. The predicted octanol–water partition coefficient (Wildman–Crippen LogP) is 5.68. The lowest BCUT2D eigenvalue weighted by Crippen LogP contribution is -2.05. The lowest BCUT2D eigenvalue weighted by molar-refractivity contribution is 0.299. The maximum absolute atomic E-state index is 9.59. The van der Waals surface area contributed by atoms with Gasteiger partial charge in [0, 0.05) is 6.61 Å². The lowest BCUT2D eigenvalue weighted by Gasteiger charge is -2.22. The van der Waals surface area contributed by atoms with Crippen LogP contribution in [0.4, 0.5) is 0 Å². The van der Waals surface area contributed by atoms with Gasteiger partial charge < -0.3 is 5.11 Å². The van der Waals surface area contributed by atoms with Crippen molar-refractivity contribution in [3.63, 3.8) is 0 Å². The molecule has 0 aliphatic rings. The number of aliphatic hydroxyl groups excluding tert-OH is 1. The second kappa shape index (κ2) is 8.13. The minimum Gasteiger partial charge on any atom is -0.396 e. The fraction of sp³-hybridized carbons (Fsp3) is 0.250. The Balaban J connectivity index is 2.35. The van der Waals surface area contributed by atoms with Gasteiger partial charge in [-0.2, -0.15) is 0 Å². The van der Waals surface area contributed by atoms with Crippen LogP contribution >= 0.6 is 0 Å². The Labute approximate surface area is 151 Å². The van der Waals surface area contributed by atoms with Gasteiger partial charge in [-0.05, 0) is 58.2 Å². The monoisotopic (exact) mass is 330 g/mol. The molecule has 0 amide bonds. The van der Waals surface area contributed by atoms with Gasteiger partial charge in [-0.25, -0.2) is 0 Å². The van der Waals surface area contributed by atoms with E-state index in [0.717, 1.165) is 12.8 Å². The van der Waals surface area contributed by atoms with Crippen LogP contribution in [0.3, 0.4) is 0 Å². The van der Waals surface area contributed by atoms with Gasteiger partial charge in [0.15, 0.2) is 0 Å². The van der Waals surface area contributed by atoms with E-state index >= 15 is 0 Å². The Hall–Kier alpha value is -2.38. The van der Waals surface area contributed by atoms with Gasteiger partial charge >= 0.3 is 0 Å². The molecule has 0 spiro atoms. The molecule has 1 nitrogen and oxygen atoms in total. The molecule has 3 aromatic rings. The van der Waals surface area contributed by atoms with Crippen LogP contribution in [0.25, 0.3) is 22.3 Å². The van der Waals surface area contributed by atoms with E-state index < -0.39 is 0 Å². The third-order valence-corrected chi connectivity index (χ3v) is 4.87. The second-order valence-electron chi connectivity index (χ2n) is 6.33. The van der Waals surface area contributed by atoms with Gasteiger partial charge in [-0.1, -0.05) is 80.6 Å². The molecule has 25 heavy (non-hydrogen) atoms. The summed E-state index contributed by atoms with van der Waals surface area (Å²) in [6, 6.07) is 23.6.